The predicted molar refractivity (Wildman–Crippen MR) is 78.8 cm³/mol. The van der Waals surface area contributed by atoms with Crippen molar-refractivity contribution in [1.82, 2.24) is 0 Å². The molecule has 0 amide bonds. The summed E-state index contributed by atoms with van der Waals surface area (Å²) in [7, 11) is 0. The molecule has 2 aliphatic rings. The third-order valence-electron chi connectivity index (χ3n) is 2.02. The van der Waals surface area contributed by atoms with Crippen molar-refractivity contribution in [2.45, 2.75) is 19.8 Å². The summed E-state index contributed by atoms with van der Waals surface area (Å²) < 4.78 is 12.1. The van der Waals surface area contributed by atoms with E-state index in [1.54, 1.807) is 0 Å². The summed E-state index contributed by atoms with van der Waals surface area (Å²) >= 11 is 1.51. The van der Waals surface area contributed by atoms with Crippen LogP contribution >= 0.6 is 0 Å². The molecule has 0 heterocycles. The van der Waals surface area contributed by atoms with Gasteiger partial charge in [-0.05, 0) is 0 Å². The van der Waals surface area contributed by atoms with E-state index < -0.39 is 0 Å². The molecular formula is C16H22Cl2O4Zr-2. The van der Waals surface area contributed by atoms with Crippen molar-refractivity contribution in [1.29, 1.82) is 0 Å². The van der Waals surface area contributed by atoms with Crippen LogP contribution in [-0.4, -0.2) is 40.3 Å². The van der Waals surface area contributed by atoms with Gasteiger partial charge in [-0.3, -0.25) is 0 Å². The molecule has 23 heavy (non-hydrogen) atoms. The molecule has 130 valence electrons. The van der Waals surface area contributed by atoms with Crippen molar-refractivity contribution in [2.24, 2.45) is 0 Å². The average Bonchev–Trinajstić information content (AvgIpc) is 3.18. The van der Waals surface area contributed by atoms with E-state index in [1.807, 2.05) is 31.2 Å². The van der Waals surface area contributed by atoms with E-state index in [-0.39, 0.29) is 38.0 Å². The van der Waals surface area contributed by atoms with Gasteiger partial charge in [0.15, 0.2) is 0 Å². The molecule has 7 heteroatoms. The fourth-order valence-electron chi connectivity index (χ4n) is 1.28. The maximum Gasteiger partial charge on any atom is 0.107 e. The smallest absolute Gasteiger partial charge is 0.107 e. The fourth-order valence-corrected chi connectivity index (χ4v) is 1.28. The van der Waals surface area contributed by atoms with Crippen molar-refractivity contribution in [2.75, 3.05) is 26.4 Å². The molecule has 0 saturated carbocycles. The first kappa shape index (κ1) is 27.7. The van der Waals surface area contributed by atoms with Crippen LogP contribution in [0.2, 0.25) is 0 Å². The molecule has 0 aromatic carbocycles. The molecule has 0 saturated heterocycles. The normalized spacial score (nSPS) is 13.1. The standard InChI is InChI=1S/2C7H9O2.C2H4.2ClH.Zr/c2*8-5-6-9-7-3-1-2-4-7;1-2;;;/h2*1,3,8H,2,5-6H2;1H,2H3;2*1H;/q2*-1;;;;+2/p-2. The molecule has 2 N–H and O–H groups in total. The van der Waals surface area contributed by atoms with Gasteiger partial charge in [-0.2, -0.15) is 24.3 Å². The first-order valence-electron chi connectivity index (χ1n) is 6.75. The Hall–Kier alpha value is -0.187. The summed E-state index contributed by atoms with van der Waals surface area (Å²) in [6.07, 6.45) is 15.2. The van der Waals surface area contributed by atoms with Crippen LogP contribution in [0.25, 0.3) is 0 Å². The molecule has 0 aliphatic heterocycles. The molecule has 0 aromatic heterocycles. The molecule has 0 bridgehead atoms. The second-order valence-electron chi connectivity index (χ2n) is 3.73. The van der Waals surface area contributed by atoms with E-state index in [2.05, 4.69) is 15.9 Å². The summed E-state index contributed by atoms with van der Waals surface area (Å²) in [5.74, 6) is 1.51. The van der Waals surface area contributed by atoms with E-state index in [4.69, 9.17) is 19.7 Å². The molecule has 4 nitrogen and oxygen atoms in total. The molecule has 0 spiro atoms. The summed E-state index contributed by atoms with van der Waals surface area (Å²) in [4.78, 5) is 0. The Morgan fingerprint density at radius 1 is 1.00 bits per heavy atom. The van der Waals surface area contributed by atoms with E-state index in [9.17, 15) is 0 Å². The van der Waals surface area contributed by atoms with Crippen molar-refractivity contribution < 1.29 is 68.7 Å². The first-order chi connectivity index (χ1) is 10.3. The SMILES string of the molecule is C[CH]=[Zr+2].OCCOC1=[C-]CC=C1.OCCOC1=[C-]CC=C1.[Cl-].[Cl-]. The van der Waals surface area contributed by atoms with Crippen LogP contribution in [0.4, 0.5) is 0 Å². The molecular weight excluding hydrogens is 418 g/mol. The Kier molecular flexibility index (Phi) is 26.2. The molecule has 0 fully saturated rings. The maximum absolute atomic E-state index is 8.34. The van der Waals surface area contributed by atoms with Gasteiger partial charge in [0.25, 0.3) is 0 Å². The van der Waals surface area contributed by atoms with Gasteiger partial charge in [-0.1, -0.05) is 11.5 Å². The number of hydrogen-bond acceptors (Lipinski definition) is 4. The van der Waals surface area contributed by atoms with Crippen molar-refractivity contribution in [3.8, 4) is 0 Å². The number of hydrogen-bond donors (Lipinski definition) is 2. The van der Waals surface area contributed by atoms with E-state index >= 15 is 0 Å². The summed E-state index contributed by atoms with van der Waals surface area (Å²) in [6, 6.07) is 0. The second kappa shape index (κ2) is 21.8. The largest absolute Gasteiger partial charge is 1.00 e. The van der Waals surface area contributed by atoms with Gasteiger partial charge in [0.05, 0.1) is 13.2 Å². The number of aliphatic hydroxyl groups is 2. The van der Waals surface area contributed by atoms with Crippen molar-refractivity contribution in [3.05, 3.63) is 48.0 Å². The zero-order valence-electron chi connectivity index (χ0n) is 13.1. The molecule has 0 unspecified atom stereocenters. The first-order valence-corrected chi connectivity index (χ1v) is 8.17. The quantitative estimate of drug-likeness (QED) is 0.410. The maximum atomic E-state index is 8.34. The van der Waals surface area contributed by atoms with Crippen LogP contribution in [0.15, 0.2) is 35.8 Å². The molecule has 2 aliphatic carbocycles. The third-order valence-corrected chi connectivity index (χ3v) is 2.02. The molecule has 2 rings (SSSR count). The molecule has 0 aromatic rings. The van der Waals surface area contributed by atoms with E-state index in [1.165, 1.54) is 24.2 Å². The zero-order chi connectivity index (χ0) is 15.8. The number of halogens is 2. The Morgan fingerprint density at radius 3 is 1.57 bits per heavy atom. The number of rotatable bonds is 6. The van der Waals surface area contributed by atoms with E-state index in [0.29, 0.717) is 13.2 Å². The van der Waals surface area contributed by atoms with Crippen LogP contribution < -0.4 is 24.8 Å². The fraction of sp³-hybridized carbons (Fsp3) is 0.438. The topological polar surface area (TPSA) is 58.9 Å². The van der Waals surface area contributed by atoms with Gasteiger partial charge in [0, 0.05) is 0 Å². The van der Waals surface area contributed by atoms with Gasteiger partial charge in [-0.15, -0.1) is 12.8 Å². The predicted octanol–water partition coefficient (Wildman–Crippen LogP) is -4.35. The van der Waals surface area contributed by atoms with Gasteiger partial charge >= 0.3 is 34.9 Å². The molecule has 0 atom stereocenters. The minimum atomic E-state index is 0. The van der Waals surface area contributed by atoms with Crippen LogP contribution in [-0.2, 0) is 33.7 Å². The Balaban J connectivity index is -0.000000277. The van der Waals surface area contributed by atoms with Gasteiger partial charge in [-0.25, -0.2) is 12.2 Å². The molecule has 0 radical (unpaired) electrons. The summed E-state index contributed by atoms with van der Waals surface area (Å²) in [5.41, 5.74) is 0. The van der Waals surface area contributed by atoms with Crippen LogP contribution in [0.1, 0.15) is 19.8 Å². The van der Waals surface area contributed by atoms with Crippen LogP contribution in [0, 0.1) is 12.2 Å². The number of ether oxygens (including phenoxy) is 2. The number of aliphatic hydroxyl groups excluding tert-OH is 2. The minimum absolute atomic E-state index is 0. The Morgan fingerprint density at radius 2 is 1.35 bits per heavy atom. The third kappa shape index (κ3) is 18.0. The number of allylic oxidation sites excluding steroid dienone is 6. The minimum Gasteiger partial charge on any atom is -1.00 e. The summed E-state index contributed by atoms with van der Waals surface area (Å²) in [5, 5.41) is 16.7. The average molecular weight is 440 g/mol. The van der Waals surface area contributed by atoms with Gasteiger partial charge in [0.1, 0.15) is 13.2 Å². The zero-order valence-corrected chi connectivity index (χ0v) is 17.1. The van der Waals surface area contributed by atoms with Crippen LogP contribution in [0.3, 0.4) is 0 Å². The monoisotopic (exact) mass is 438 g/mol. The second-order valence-corrected chi connectivity index (χ2v) is 5.15. The Labute approximate surface area is 166 Å². The van der Waals surface area contributed by atoms with Gasteiger partial charge < -0.3 is 44.5 Å². The van der Waals surface area contributed by atoms with E-state index in [0.717, 1.165) is 24.4 Å². The van der Waals surface area contributed by atoms with Crippen molar-refractivity contribution in [3.63, 3.8) is 0 Å². The Bertz CT molecular complexity index is 360. The van der Waals surface area contributed by atoms with Crippen LogP contribution in [0.5, 0.6) is 0 Å². The van der Waals surface area contributed by atoms with Crippen molar-refractivity contribution >= 4 is 3.71 Å². The van der Waals surface area contributed by atoms with Gasteiger partial charge in [0.2, 0.25) is 0 Å². The summed E-state index contributed by atoms with van der Waals surface area (Å²) in [6.45, 7) is 2.91.